The highest BCUT2D eigenvalue weighted by atomic mass is 35.5. The van der Waals surface area contributed by atoms with Gasteiger partial charge in [0, 0.05) is 17.7 Å². The van der Waals surface area contributed by atoms with Gasteiger partial charge in [0.2, 0.25) is 0 Å². The third-order valence-corrected chi connectivity index (χ3v) is 4.71. The zero-order chi connectivity index (χ0) is 17.4. The van der Waals surface area contributed by atoms with Crippen molar-refractivity contribution >= 4 is 34.8 Å². The van der Waals surface area contributed by atoms with Crippen LogP contribution in [0.3, 0.4) is 0 Å². The number of nitrogens with one attached hydrogen (secondary N) is 2. The Morgan fingerprint density at radius 2 is 1.92 bits per heavy atom. The Kier molecular flexibility index (Phi) is 4.51. The molecule has 2 heterocycles. The Morgan fingerprint density at radius 3 is 2.58 bits per heavy atom. The van der Waals surface area contributed by atoms with E-state index >= 15 is 0 Å². The van der Waals surface area contributed by atoms with E-state index in [1.165, 1.54) is 0 Å². The van der Waals surface area contributed by atoms with Crippen molar-refractivity contribution in [2.24, 2.45) is 5.92 Å². The van der Waals surface area contributed by atoms with E-state index in [-0.39, 0.29) is 11.9 Å². The molecule has 1 unspecified atom stereocenters. The topological polar surface area (TPSA) is 75.1 Å². The molecule has 0 saturated carbocycles. The van der Waals surface area contributed by atoms with Crippen LogP contribution in [-0.4, -0.2) is 31.8 Å². The summed E-state index contributed by atoms with van der Waals surface area (Å²) in [5.41, 5.74) is 1.73. The van der Waals surface area contributed by atoms with Gasteiger partial charge in [0.1, 0.15) is 5.69 Å². The fraction of sp³-hybridized carbons (Fsp3) is 0.312. The molecule has 0 aliphatic carbocycles. The van der Waals surface area contributed by atoms with Gasteiger partial charge < -0.3 is 5.32 Å². The minimum absolute atomic E-state index is 0.0702. The highest BCUT2D eigenvalue weighted by molar-refractivity contribution is 6.42. The van der Waals surface area contributed by atoms with Crippen LogP contribution >= 0.6 is 23.2 Å². The number of hydrogen-bond donors (Lipinski definition) is 2. The van der Waals surface area contributed by atoms with Gasteiger partial charge in [-0.3, -0.25) is 9.89 Å². The van der Waals surface area contributed by atoms with E-state index in [1.807, 2.05) is 6.92 Å². The van der Waals surface area contributed by atoms with Crippen molar-refractivity contribution in [3.8, 4) is 11.4 Å². The molecule has 0 saturated heterocycles. The van der Waals surface area contributed by atoms with Crippen LogP contribution in [0.15, 0.2) is 24.3 Å². The second-order valence-electron chi connectivity index (χ2n) is 6.02. The molecule has 1 aromatic carbocycles. The number of carbonyl (C=O) groups is 1. The normalized spacial score (nSPS) is 12.8. The highest BCUT2D eigenvalue weighted by Crippen LogP contribution is 2.27. The summed E-state index contributed by atoms with van der Waals surface area (Å²) in [4.78, 5) is 12.3. The fourth-order valence-corrected chi connectivity index (χ4v) is 2.47. The Bertz CT molecular complexity index is 899. The van der Waals surface area contributed by atoms with Crippen LogP contribution in [0.5, 0.6) is 0 Å². The SMILES string of the molecule is CC(C)C(C)NC(=O)c1cc2nnc(-c3ccc(Cl)c(Cl)c3)n2[nH]1. The molecule has 3 rings (SSSR count). The van der Waals surface area contributed by atoms with Crippen LogP contribution in [0.2, 0.25) is 10.0 Å². The van der Waals surface area contributed by atoms with E-state index in [4.69, 9.17) is 23.2 Å². The van der Waals surface area contributed by atoms with Gasteiger partial charge in [-0.2, -0.15) is 0 Å². The maximum Gasteiger partial charge on any atom is 0.269 e. The van der Waals surface area contributed by atoms with Crippen molar-refractivity contribution in [1.29, 1.82) is 0 Å². The first kappa shape index (κ1) is 16.8. The van der Waals surface area contributed by atoms with Crippen molar-refractivity contribution in [2.75, 3.05) is 0 Å². The Morgan fingerprint density at radius 1 is 1.17 bits per heavy atom. The third kappa shape index (κ3) is 3.12. The van der Waals surface area contributed by atoms with Crippen molar-refractivity contribution in [2.45, 2.75) is 26.8 Å². The molecular weight excluding hydrogens is 349 g/mol. The molecular formula is C16H17Cl2N5O. The lowest BCUT2D eigenvalue weighted by molar-refractivity contribution is 0.0925. The molecule has 24 heavy (non-hydrogen) atoms. The van der Waals surface area contributed by atoms with Crippen molar-refractivity contribution in [1.82, 2.24) is 25.1 Å². The predicted octanol–water partition coefficient (Wildman–Crippen LogP) is 3.81. The Balaban J connectivity index is 1.94. The number of carbonyl (C=O) groups excluding carboxylic acids is 1. The number of fused-ring (bicyclic) bond motifs is 1. The summed E-state index contributed by atoms with van der Waals surface area (Å²) in [6.07, 6.45) is 0. The maximum absolute atomic E-state index is 12.3. The molecule has 0 spiro atoms. The summed E-state index contributed by atoms with van der Waals surface area (Å²) in [5, 5.41) is 15.1. The number of aromatic amines is 1. The zero-order valence-electron chi connectivity index (χ0n) is 13.5. The highest BCUT2D eigenvalue weighted by Gasteiger charge is 2.18. The van der Waals surface area contributed by atoms with E-state index in [1.54, 1.807) is 28.8 Å². The molecule has 0 aliphatic rings. The molecule has 2 aromatic heterocycles. The number of hydrogen-bond acceptors (Lipinski definition) is 3. The van der Waals surface area contributed by atoms with Crippen molar-refractivity contribution in [3.63, 3.8) is 0 Å². The first-order valence-corrected chi connectivity index (χ1v) is 8.33. The van der Waals surface area contributed by atoms with Crippen LogP contribution in [-0.2, 0) is 0 Å². The fourth-order valence-electron chi connectivity index (χ4n) is 2.17. The van der Waals surface area contributed by atoms with E-state index in [0.717, 1.165) is 5.56 Å². The average molecular weight is 366 g/mol. The number of halogens is 2. The maximum atomic E-state index is 12.3. The molecule has 0 bridgehead atoms. The first-order chi connectivity index (χ1) is 11.4. The van der Waals surface area contributed by atoms with E-state index < -0.39 is 0 Å². The van der Waals surface area contributed by atoms with Crippen molar-refractivity contribution in [3.05, 3.63) is 40.0 Å². The van der Waals surface area contributed by atoms with Crippen molar-refractivity contribution < 1.29 is 4.79 Å². The molecule has 126 valence electrons. The summed E-state index contributed by atoms with van der Waals surface area (Å²) in [6.45, 7) is 6.08. The quantitative estimate of drug-likeness (QED) is 0.737. The van der Waals surface area contributed by atoms with Crippen LogP contribution in [0.4, 0.5) is 0 Å². The molecule has 1 atom stereocenters. The van der Waals surface area contributed by atoms with Crippen LogP contribution in [0.25, 0.3) is 17.0 Å². The second kappa shape index (κ2) is 6.45. The lowest BCUT2D eigenvalue weighted by atomic mass is 10.1. The van der Waals surface area contributed by atoms with Crippen LogP contribution in [0.1, 0.15) is 31.3 Å². The number of benzene rings is 1. The molecule has 0 radical (unpaired) electrons. The number of aromatic nitrogens is 4. The number of amides is 1. The molecule has 6 nitrogen and oxygen atoms in total. The van der Waals surface area contributed by atoms with Gasteiger partial charge >= 0.3 is 0 Å². The summed E-state index contributed by atoms with van der Waals surface area (Å²) in [7, 11) is 0. The third-order valence-electron chi connectivity index (χ3n) is 3.97. The van der Waals surface area contributed by atoms with Gasteiger partial charge in [-0.15, -0.1) is 10.2 Å². The minimum atomic E-state index is -0.179. The predicted molar refractivity (Wildman–Crippen MR) is 94.6 cm³/mol. The number of H-pyrrole nitrogens is 1. The van der Waals surface area contributed by atoms with Crippen LogP contribution in [0, 0.1) is 5.92 Å². The van der Waals surface area contributed by atoms with Gasteiger partial charge in [-0.05, 0) is 31.0 Å². The second-order valence-corrected chi connectivity index (χ2v) is 6.84. The van der Waals surface area contributed by atoms with Gasteiger partial charge in [-0.25, -0.2) is 4.52 Å². The van der Waals surface area contributed by atoms with E-state index in [9.17, 15) is 4.79 Å². The Hall–Kier alpha value is -2.05. The summed E-state index contributed by atoms with van der Waals surface area (Å²) in [5.74, 6) is 0.725. The largest absolute Gasteiger partial charge is 0.348 e. The summed E-state index contributed by atoms with van der Waals surface area (Å²) >= 11 is 12.0. The number of nitrogens with zero attached hydrogens (tertiary/aromatic N) is 3. The van der Waals surface area contributed by atoms with Crippen LogP contribution < -0.4 is 5.32 Å². The molecule has 2 N–H and O–H groups in total. The summed E-state index contributed by atoms with van der Waals surface area (Å²) < 4.78 is 1.65. The number of rotatable bonds is 4. The Labute approximate surface area is 149 Å². The lowest BCUT2D eigenvalue weighted by Crippen LogP contribution is -2.36. The van der Waals surface area contributed by atoms with Gasteiger partial charge in [0.15, 0.2) is 11.5 Å². The standard InChI is InChI=1S/C16H17Cl2N5O/c1-8(2)9(3)19-16(24)13-7-14-20-21-15(23(14)22-13)10-4-5-11(17)12(18)6-10/h4-9,22H,1-3H3,(H,19,24). The average Bonchev–Trinajstić information content (AvgIpc) is 3.10. The molecule has 0 aliphatic heterocycles. The first-order valence-electron chi connectivity index (χ1n) is 7.57. The molecule has 3 aromatic rings. The monoisotopic (exact) mass is 365 g/mol. The lowest BCUT2D eigenvalue weighted by Gasteiger charge is -2.16. The minimum Gasteiger partial charge on any atom is -0.348 e. The molecule has 1 amide bonds. The van der Waals surface area contributed by atoms with E-state index in [2.05, 4.69) is 34.5 Å². The van der Waals surface area contributed by atoms with Gasteiger partial charge in [-0.1, -0.05) is 37.0 Å². The van der Waals surface area contributed by atoms with Gasteiger partial charge in [0.05, 0.1) is 10.0 Å². The van der Waals surface area contributed by atoms with E-state index in [0.29, 0.717) is 33.1 Å². The molecule has 8 heteroatoms. The zero-order valence-corrected chi connectivity index (χ0v) is 15.0. The summed E-state index contributed by atoms with van der Waals surface area (Å²) in [6, 6.07) is 6.94. The smallest absolute Gasteiger partial charge is 0.269 e. The molecule has 0 fully saturated rings. The van der Waals surface area contributed by atoms with Gasteiger partial charge in [0.25, 0.3) is 5.91 Å².